The van der Waals surface area contributed by atoms with Gasteiger partial charge in [0.2, 0.25) is 0 Å². The van der Waals surface area contributed by atoms with E-state index in [-0.39, 0.29) is 30.7 Å². The number of nitrogens with zero attached hydrogens (tertiary/aromatic N) is 1. The number of carbonyl (C=O) groups excluding carboxylic acids is 1. The van der Waals surface area contributed by atoms with Crippen LogP contribution in [0, 0.1) is 0 Å². The number of nitrogens with two attached hydrogens (primary N) is 1. The lowest BCUT2D eigenvalue weighted by molar-refractivity contribution is 0.0945. The molecule has 1 heterocycles. The molecule has 0 bridgehead atoms. The molecule has 0 atom stereocenters. The topological polar surface area (TPSA) is 74.2 Å². The SMILES string of the molecule is CN(CCCc1ccc(CN)cc1)CCNC(=O)c1cc2cc(Cl)ccc2[nH]1.Cl.Cl. The van der Waals surface area contributed by atoms with E-state index >= 15 is 0 Å². The molecule has 0 aliphatic rings. The molecule has 0 saturated heterocycles. The highest BCUT2D eigenvalue weighted by atomic mass is 35.5. The second kappa shape index (κ2) is 12.8. The van der Waals surface area contributed by atoms with E-state index in [1.807, 2.05) is 24.3 Å². The predicted octanol–water partition coefficient (Wildman–Crippen LogP) is 4.42. The average molecular weight is 472 g/mol. The van der Waals surface area contributed by atoms with Gasteiger partial charge in [-0.3, -0.25) is 4.79 Å². The minimum absolute atomic E-state index is 0. The van der Waals surface area contributed by atoms with E-state index in [1.165, 1.54) is 5.56 Å². The summed E-state index contributed by atoms with van der Waals surface area (Å²) >= 11 is 6.00. The molecular formula is C22H29Cl3N4O. The van der Waals surface area contributed by atoms with E-state index in [2.05, 4.69) is 46.5 Å². The van der Waals surface area contributed by atoms with Crippen LogP contribution >= 0.6 is 36.4 Å². The first-order valence-electron chi connectivity index (χ1n) is 9.58. The normalized spacial score (nSPS) is 10.5. The number of H-pyrrole nitrogens is 1. The van der Waals surface area contributed by atoms with Crippen LogP contribution in [0.1, 0.15) is 28.0 Å². The molecule has 0 radical (unpaired) electrons. The maximum atomic E-state index is 12.3. The lowest BCUT2D eigenvalue weighted by Gasteiger charge is -2.16. The summed E-state index contributed by atoms with van der Waals surface area (Å²) in [6, 6.07) is 15.8. The maximum Gasteiger partial charge on any atom is 0.267 e. The summed E-state index contributed by atoms with van der Waals surface area (Å²) < 4.78 is 0. The molecule has 164 valence electrons. The molecule has 0 unspecified atom stereocenters. The zero-order valence-electron chi connectivity index (χ0n) is 17.0. The number of hydrogen-bond acceptors (Lipinski definition) is 3. The van der Waals surface area contributed by atoms with Crippen molar-refractivity contribution in [2.75, 3.05) is 26.7 Å². The lowest BCUT2D eigenvalue weighted by Crippen LogP contribution is -2.33. The van der Waals surface area contributed by atoms with Gasteiger partial charge in [-0.2, -0.15) is 0 Å². The minimum Gasteiger partial charge on any atom is -0.351 e. The number of aromatic amines is 1. The molecule has 1 amide bonds. The Bertz CT molecular complexity index is 928. The molecule has 8 heteroatoms. The van der Waals surface area contributed by atoms with Crippen LogP contribution < -0.4 is 11.1 Å². The number of nitrogens with one attached hydrogen (secondary N) is 2. The van der Waals surface area contributed by atoms with Gasteiger partial charge >= 0.3 is 0 Å². The van der Waals surface area contributed by atoms with E-state index in [9.17, 15) is 4.79 Å². The van der Waals surface area contributed by atoms with Crippen molar-refractivity contribution in [1.29, 1.82) is 0 Å². The fourth-order valence-corrected chi connectivity index (χ4v) is 3.37. The number of benzene rings is 2. The van der Waals surface area contributed by atoms with Crippen molar-refractivity contribution in [2.45, 2.75) is 19.4 Å². The van der Waals surface area contributed by atoms with Crippen LogP contribution in [-0.4, -0.2) is 42.5 Å². The summed E-state index contributed by atoms with van der Waals surface area (Å²) in [5, 5.41) is 4.57. The van der Waals surface area contributed by atoms with Crippen molar-refractivity contribution in [2.24, 2.45) is 5.73 Å². The number of likely N-dealkylation sites (N-methyl/N-ethyl adjacent to an activating group) is 1. The molecule has 0 spiro atoms. The molecule has 3 rings (SSSR count). The molecular weight excluding hydrogens is 443 g/mol. The van der Waals surface area contributed by atoms with Crippen LogP contribution in [0.3, 0.4) is 0 Å². The summed E-state index contributed by atoms with van der Waals surface area (Å²) in [6.45, 7) is 2.99. The molecule has 0 saturated carbocycles. The zero-order chi connectivity index (χ0) is 19.9. The number of amides is 1. The van der Waals surface area contributed by atoms with Gasteiger partial charge in [0.05, 0.1) is 0 Å². The number of hydrogen-bond donors (Lipinski definition) is 3. The molecule has 2 aromatic carbocycles. The standard InChI is InChI=1S/C22H27ClN4O.2ClH/c1-27(11-2-3-16-4-6-17(15-24)7-5-16)12-10-25-22(28)21-14-18-13-19(23)8-9-20(18)26-21;;/h4-9,13-14,26H,2-3,10-12,15,24H2,1H3,(H,25,28);2*1H. The first-order valence-corrected chi connectivity index (χ1v) is 9.96. The van der Waals surface area contributed by atoms with Crippen molar-refractivity contribution < 1.29 is 4.79 Å². The number of aromatic nitrogens is 1. The third kappa shape index (κ3) is 7.49. The average Bonchev–Trinajstić information content (AvgIpc) is 3.11. The fourth-order valence-electron chi connectivity index (χ4n) is 3.19. The Labute approximate surface area is 195 Å². The van der Waals surface area contributed by atoms with Gasteiger partial charge in [0.15, 0.2) is 0 Å². The Morgan fingerprint density at radius 1 is 1.07 bits per heavy atom. The van der Waals surface area contributed by atoms with Crippen molar-refractivity contribution >= 4 is 53.2 Å². The first kappa shape index (κ1) is 26.3. The lowest BCUT2D eigenvalue weighted by atomic mass is 10.1. The number of halogens is 3. The second-order valence-corrected chi connectivity index (χ2v) is 7.53. The molecule has 0 aliphatic carbocycles. The highest BCUT2D eigenvalue weighted by molar-refractivity contribution is 6.31. The highest BCUT2D eigenvalue weighted by Crippen LogP contribution is 2.20. The van der Waals surface area contributed by atoms with Crippen LogP contribution in [0.5, 0.6) is 0 Å². The van der Waals surface area contributed by atoms with Gasteiger partial charge in [0.25, 0.3) is 5.91 Å². The molecule has 4 N–H and O–H groups in total. The first-order chi connectivity index (χ1) is 13.5. The summed E-state index contributed by atoms with van der Waals surface area (Å²) in [5.74, 6) is -0.0966. The molecule has 5 nitrogen and oxygen atoms in total. The monoisotopic (exact) mass is 470 g/mol. The number of fused-ring (bicyclic) bond motifs is 1. The van der Waals surface area contributed by atoms with Crippen LogP contribution in [0.25, 0.3) is 10.9 Å². The van der Waals surface area contributed by atoms with Crippen molar-refractivity contribution in [1.82, 2.24) is 15.2 Å². The zero-order valence-corrected chi connectivity index (χ0v) is 19.4. The summed E-state index contributed by atoms with van der Waals surface area (Å²) in [6.07, 6.45) is 2.12. The van der Waals surface area contributed by atoms with Gasteiger partial charge in [-0.25, -0.2) is 0 Å². The van der Waals surface area contributed by atoms with Crippen molar-refractivity contribution in [3.05, 3.63) is 70.4 Å². The van der Waals surface area contributed by atoms with E-state index in [0.29, 0.717) is 23.8 Å². The van der Waals surface area contributed by atoms with Gasteiger partial charge in [-0.1, -0.05) is 35.9 Å². The van der Waals surface area contributed by atoms with Gasteiger partial charge in [0.1, 0.15) is 5.69 Å². The van der Waals surface area contributed by atoms with Crippen LogP contribution in [-0.2, 0) is 13.0 Å². The molecule has 30 heavy (non-hydrogen) atoms. The smallest absolute Gasteiger partial charge is 0.267 e. The molecule has 0 fully saturated rings. The summed E-state index contributed by atoms with van der Waals surface area (Å²) in [4.78, 5) is 17.7. The van der Waals surface area contributed by atoms with Gasteiger partial charge in [0, 0.05) is 35.6 Å². The Morgan fingerprint density at radius 3 is 2.47 bits per heavy atom. The largest absolute Gasteiger partial charge is 0.351 e. The van der Waals surface area contributed by atoms with Gasteiger partial charge in [-0.15, -0.1) is 24.8 Å². The number of rotatable bonds is 9. The third-order valence-corrected chi connectivity index (χ3v) is 5.11. The predicted molar refractivity (Wildman–Crippen MR) is 130 cm³/mol. The van der Waals surface area contributed by atoms with E-state index in [4.69, 9.17) is 17.3 Å². The van der Waals surface area contributed by atoms with Gasteiger partial charge in [-0.05, 0) is 61.8 Å². The molecule has 3 aromatic rings. The van der Waals surface area contributed by atoms with Crippen molar-refractivity contribution in [3.63, 3.8) is 0 Å². The molecule has 0 aliphatic heterocycles. The third-order valence-electron chi connectivity index (χ3n) is 4.87. The second-order valence-electron chi connectivity index (χ2n) is 7.10. The van der Waals surface area contributed by atoms with E-state index < -0.39 is 0 Å². The van der Waals surface area contributed by atoms with Crippen LogP contribution in [0.4, 0.5) is 0 Å². The van der Waals surface area contributed by atoms with Crippen molar-refractivity contribution in [3.8, 4) is 0 Å². The quantitative estimate of drug-likeness (QED) is 0.432. The summed E-state index contributed by atoms with van der Waals surface area (Å²) in [5.41, 5.74) is 9.58. The highest BCUT2D eigenvalue weighted by Gasteiger charge is 2.09. The van der Waals surface area contributed by atoms with Crippen LogP contribution in [0.15, 0.2) is 48.5 Å². The Kier molecular flexibility index (Phi) is 11.2. The van der Waals surface area contributed by atoms with Gasteiger partial charge < -0.3 is 20.9 Å². The fraction of sp³-hybridized carbons (Fsp3) is 0.318. The Balaban J connectivity index is 0.00000225. The van der Waals surface area contributed by atoms with E-state index in [1.54, 1.807) is 0 Å². The molecule has 1 aromatic heterocycles. The summed E-state index contributed by atoms with van der Waals surface area (Å²) in [7, 11) is 2.08. The van der Waals surface area contributed by atoms with Crippen LogP contribution in [0.2, 0.25) is 5.02 Å². The minimum atomic E-state index is -0.0966. The Morgan fingerprint density at radius 2 is 1.77 bits per heavy atom. The maximum absolute atomic E-state index is 12.3. The number of carbonyl (C=O) groups is 1. The Hall–Kier alpha value is -1.76. The number of aryl methyl sites for hydroxylation is 1. The van der Waals surface area contributed by atoms with E-state index in [0.717, 1.165) is 42.4 Å².